The molecule has 6 heteroatoms. The second-order valence-electron chi connectivity index (χ2n) is 5.67. The Morgan fingerprint density at radius 1 is 1.38 bits per heavy atom. The first-order chi connectivity index (χ1) is 9.86. The minimum Gasteiger partial charge on any atom is -0.387 e. The Kier molecular flexibility index (Phi) is 5.37. The first-order valence-corrected chi connectivity index (χ1v) is 9.08. The molecular formula is C15H23NO4S. The minimum atomic E-state index is -3.19. The van der Waals surface area contributed by atoms with Gasteiger partial charge in [0.2, 0.25) is 0 Å². The van der Waals surface area contributed by atoms with Crippen molar-refractivity contribution in [3.63, 3.8) is 0 Å². The van der Waals surface area contributed by atoms with Gasteiger partial charge in [-0.25, -0.2) is 8.42 Å². The van der Waals surface area contributed by atoms with Gasteiger partial charge in [0.1, 0.15) is 0 Å². The molecular weight excluding hydrogens is 290 g/mol. The standard InChI is InChI=1S/C15H23NO4S/c1-11-9-13(7-8-20-11)16-10-15(17)12-3-5-14(6-4-12)21(2,18)19/h3-6,11,13,15-17H,7-10H2,1-2H3. The zero-order valence-corrected chi connectivity index (χ0v) is 13.3. The van der Waals surface area contributed by atoms with Crippen LogP contribution in [-0.4, -0.2) is 45.1 Å². The number of rotatable bonds is 5. The highest BCUT2D eigenvalue weighted by atomic mass is 32.2. The molecule has 1 aliphatic heterocycles. The van der Waals surface area contributed by atoms with Gasteiger partial charge in [0, 0.05) is 25.4 Å². The highest BCUT2D eigenvalue weighted by molar-refractivity contribution is 7.90. The van der Waals surface area contributed by atoms with Gasteiger partial charge in [-0.2, -0.15) is 0 Å². The van der Waals surface area contributed by atoms with E-state index >= 15 is 0 Å². The summed E-state index contributed by atoms with van der Waals surface area (Å²) < 4.78 is 28.3. The molecule has 1 fully saturated rings. The summed E-state index contributed by atoms with van der Waals surface area (Å²) in [5.41, 5.74) is 0.718. The molecule has 1 aromatic carbocycles. The van der Waals surface area contributed by atoms with Crippen molar-refractivity contribution in [3.8, 4) is 0 Å². The fourth-order valence-electron chi connectivity index (χ4n) is 2.52. The Bertz CT molecular complexity index is 556. The maximum atomic E-state index is 11.4. The second-order valence-corrected chi connectivity index (χ2v) is 7.68. The van der Waals surface area contributed by atoms with Gasteiger partial charge >= 0.3 is 0 Å². The molecule has 2 N–H and O–H groups in total. The first-order valence-electron chi connectivity index (χ1n) is 7.19. The summed E-state index contributed by atoms with van der Waals surface area (Å²) >= 11 is 0. The highest BCUT2D eigenvalue weighted by Crippen LogP contribution is 2.18. The molecule has 3 atom stereocenters. The maximum absolute atomic E-state index is 11.4. The number of sulfone groups is 1. The van der Waals surface area contributed by atoms with Crippen LogP contribution in [0.15, 0.2) is 29.2 Å². The second kappa shape index (κ2) is 6.87. The smallest absolute Gasteiger partial charge is 0.175 e. The molecule has 118 valence electrons. The molecule has 21 heavy (non-hydrogen) atoms. The van der Waals surface area contributed by atoms with E-state index in [1.54, 1.807) is 12.1 Å². The van der Waals surface area contributed by atoms with Gasteiger partial charge in [-0.05, 0) is 37.5 Å². The van der Waals surface area contributed by atoms with Crippen LogP contribution in [0.25, 0.3) is 0 Å². The third-order valence-electron chi connectivity index (χ3n) is 3.78. The van der Waals surface area contributed by atoms with Crippen molar-refractivity contribution >= 4 is 9.84 Å². The van der Waals surface area contributed by atoms with Gasteiger partial charge in [-0.3, -0.25) is 0 Å². The first kappa shape index (κ1) is 16.4. The van der Waals surface area contributed by atoms with E-state index in [9.17, 15) is 13.5 Å². The van der Waals surface area contributed by atoms with E-state index in [2.05, 4.69) is 5.32 Å². The van der Waals surface area contributed by atoms with Crippen molar-refractivity contribution in [3.05, 3.63) is 29.8 Å². The lowest BCUT2D eigenvalue weighted by Crippen LogP contribution is -2.39. The quantitative estimate of drug-likeness (QED) is 0.856. The van der Waals surface area contributed by atoms with Crippen molar-refractivity contribution in [2.24, 2.45) is 0 Å². The topological polar surface area (TPSA) is 75.6 Å². The summed E-state index contributed by atoms with van der Waals surface area (Å²) in [5.74, 6) is 0. The van der Waals surface area contributed by atoms with Gasteiger partial charge in [0.05, 0.1) is 17.1 Å². The SMILES string of the molecule is CC1CC(NCC(O)c2ccc(S(C)(=O)=O)cc2)CCO1. The summed E-state index contributed by atoms with van der Waals surface area (Å²) in [7, 11) is -3.19. The Hall–Kier alpha value is -0.950. The Labute approximate surface area is 126 Å². The van der Waals surface area contributed by atoms with Crippen molar-refractivity contribution in [2.45, 2.75) is 42.9 Å². The van der Waals surface area contributed by atoms with Crippen molar-refractivity contribution in [1.82, 2.24) is 5.32 Å². The molecule has 0 aliphatic carbocycles. The summed E-state index contributed by atoms with van der Waals surface area (Å²) in [6.45, 7) is 3.25. The normalized spacial score (nSPS) is 24.7. The van der Waals surface area contributed by atoms with Crippen LogP contribution in [0.4, 0.5) is 0 Å². The largest absolute Gasteiger partial charge is 0.387 e. The zero-order valence-electron chi connectivity index (χ0n) is 12.5. The van der Waals surface area contributed by atoms with Gasteiger partial charge in [-0.1, -0.05) is 12.1 Å². The van der Waals surface area contributed by atoms with E-state index in [4.69, 9.17) is 4.74 Å². The molecule has 1 heterocycles. The lowest BCUT2D eigenvalue weighted by molar-refractivity contribution is 0.0109. The van der Waals surface area contributed by atoms with E-state index in [0.29, 0.717) is 12.6 Å². The minimum absolute atomic E-state index is 0.252. The van der Waals surface area contributed by atoms with E-state index in [1.165, 1.54) is 18.4 Å². The molecule has 0 spiro atoms. The number of ether oxygens (including phenoxy) is 1. The lowest BCUT2D eigenvalue weighted by Gasteiger charge is -2.28. The van der Waals surface area contributed by atoms with Gasteiger partial charge in [-0.15, -0.1) is 0 Å². The fraction of sp³-hybridized carbons (Fsp3) is 0.600. The summed E-state index contributed by atoms with van der Waals surface area (Å²) in [4.78, 5) is 0.268. The third-order valence-corrected chi connectivity index (χ3v) is 4.91. The van der Waals surface area contributed by atoms with Crippen LogP contribution in [0.1, 0.15) is 31.4 Å². The average Bonchev–Trinajstić information content (AvgIpc) is 2.44. The number of benzene rings is 1. The molecule has 5 nitrogen and oxygen atoms in total. The van der Waals surface area contributed by atoms with E-state index < -0.39 is 15.9 Å². The van der Waals surface area contributed by atoms with Gasteiger partial charge < -0.3 is 15.2 Å². The molecule has 1 saturated heterocycles. The van der Waals surface area contributed by atoms with Crippen molar-refractivity contribution in [1.29, 1.82) is 0 Å². The summed E-state index contributed by atoms with van der Waals surface area (Å²) in [6.07, 6.45) is 2.68. The van der Waals surface area contributed by atoms with Crippen LogP contribution < -0.4 is 5.32 Å². The zero-order chi connectivity index (χ0) is 15.5. The molecule has 0 radical (unpaired) electrons. The molecule has 0 saturated carbocycles. The van der Waals surface area contributed by atoms with E-state index in [1.807, 2.05) is 6.92 Å². The Morgan fingerprint density at radius 3 is 2.62 bits per heavy atom. The van der Waals surface area contributed by atoms with Crippen LogP contribution in [-0.2, 0) is 14.6 Å². The molecule has 3 unspecified atom stereocenters. The number of hydrogen-bond donors (Lipinski definition) is 2. The number of aliphatic hydroxyl groups excluding tert-OH is 1. The monoisotopic (exact) mass is 313 g/mol. The van der Waals surface area contributed by atoms with Crippen LogP contribution in [0.5, 0.6) is 0 Å². The van der Waals surface area contributed by atoms with Gasteiger partial charge in [0.15, 0.2) is 9.84 Å². The Balaban J connectivity index is 1.89. The average molecular weight is 313 g/mol. The van der Waals surface area contributed by atoms with E-state index in [0.717, 1.165) is 25.0 Å². The predicted octanol–water partition coefficient (Wildman–Crippen LogP) is 1.28. The molecule has 1 aromatic rings. The van der Waals surface area contributed by atoms with Crippen LogP contribution in [0, 0.1) is 0 Å². The predicted molar refractivity (Wildman–Crippen MR) is 81.0 cm³/mol. The lowest BCUT2D eigenvalue weighted by atomic mass is 10.0. The highest BCUT2D eigenvalue weighted by Gasteiger charge is 2.20. The van der Waals surface area contributed by atoms with Crippen molar-refractivity contribution < 1.29 is 18.3 Å². The van der Waals surface area contributed by atoms with Crippen LogP contribution in [0.3, 0.4) is 0 Å². The molecule has 0 amide bonds. The Morgan fingerprint density at radius 2 is 2.05 bits per heavy atom. The molecule has 2 rings (SSSR count). The third kappa shape index (κ3) is 4.78. The van der Waals surface area contributed by atoms with Crippen LogP contribution >= 0.6 is 0 Å². The van der Waals surface area contributed by atoms with Gasteiger partial charge in [0.25, 0.3) is 0 Å². The fourth-order valence-corrected chi connectivity index (χ4v) is 3.15. The maximum Gasteiger partial charge on any atom is 0.175 e. The number of hydrogen-bond acceptors (Lipinski definition) is 5. The summed E-state index contributed by atoms with van der Waals surface area (Å²) in [6, 6.07) is 6.75. The number of aliphatic hydroxyl groups is 1. The molecule has 0 bridgehead atoms. The number of nitrogens with one attached hydrogen (secondary N) is 1. The molecule has 0 aromatic heterocycles. The summed E-state index contributed by atoms with van der Waals surface area (Å²) in [5, 5.41) is 13.5. The van der Waals surface area contributed by atoms with Crippen molar-refractivity contribution in [2.75, 3.05) is 19.4 Å². The van der Waals surface area contributed by atoms with Crippen LogP contribution in [0.2, 0.25) is 0 Å². The molecule has 1 aliphatic rings. The van der Waals surface area contributed by atoms with E-state index in [-0.39, 0.29) is 11.0 Å².